The predicted molar refractivity (Wildman–Crippen MR) is 47.9 cm³/mol. The molecule has 13 heavy (non-hydrogen) atoms. The Bertz CT molecular complexity index is 200. The van der Waals surface area contributed by atoms with Crippen LogP contribution in [0.15, 0.2) is 0 Å². The van der Waals surface area contributed by atoms with E-state index in [4.69, 9.17) is 4.18 Å². The standard InChI is InChI=1S/C7H16N2O3S/c1-5-6(2)8(3)9(4)7(5)12-13(10)11/h5-7H,1-4H3,(H,10,11)/p-1. The molecule has 1 aliphatic heterocycles. The lowest BCUT2D eigenvalue weighted by Crippen LogP contribution is -2.38. The Morgan fingerprint density at radius 2 is 1.85 bits per heavy atom. The Hall–Kier alpha value is -0.0100. The molecule has 1 saturated heterocycles. The van der Waals surface area contributed by atoms with Gasteiger partial charge in [0, 0.05) is 26.1 Å². The van der Waals surface area contributed by atoms with E-state index in [9.17, 15) is 8.76 Å². The van der Waals surface area contributed by atoms with E-state index in [1.807, 2.05) is 33.0 Å². The van der Waals surface area contributed by atoms with Crippen LogP contribution in [-0.4, -0.2) is 45.1 Å². The van der Waals surface area contributed by atoms with E-state index < -0.39 is 11.4 Å². The molecule has 5 nitrogen and oxygen atoms in total. The van der Waals surface area contributed by atoms with Gasteiger partial charge in [0.15, 0.2) is 0 Å². The molecule has 0 aliphatic carbocycles. The van der Waals surface area contributed by atoms with Crippen LogP contribution in [0.25, 0.3) is 0 Å². The van der Waals surface area contributed by atoms with Gasteiger partial charge in [0.25, 0.3) is 0 Å². The third kappa shape index (κ3) is 2.08. The van der Waals surface area contributed by atoms with Crippen LogP contribution in [0.4, 0.5) is 0 Å². The van der Waals surface area contributed by atoms with Gasteiger partial charge in [-0.2, -0.15) is 0 Å². The first-order valence-corrected chi connectivity index (χ1v) is 5.17. The zero-order valence-corrected chi connectivity index (χ0v) is 9.08. The minimum absolute atomic E-state index is 0.174. The van der Waals surface area contributed by atoms with Gasteiger partial charge >= 0.3 is 0 Å². The third-order valence-corrected chi connectivity index (χ3v) is 3.20. The molecule has 1 rings (SSSR count). The van der Waals surface area contributed by atoms with E-state index in [0.717, 1.165) is 0 Å². The SMILES string of the molecule is CC1C(C)N(C)N(C)C1OS(=O)[O-]. The maximum absolute atomic E-state index is 10.4. The highest BCUT2D eigenvalue weighted by atomic mass is 32.2. The lowest BCUT2D eigenvalue weighted by atomic mass is 10.0. The Morgan fingerprint density at radius 1 is 1.31 bits per heavy atom. The molecule has 4 atom stereocenters. The first-order chi connectivity index (χ1) is 5.95. The van der Waals surface area contributed by atoms with E-state index in [2.05, 4.69) is 0 Å². The van der Waals surface area contributed by atoms with Crippen molar-refractivity contribution in [3.05, 3.63) is 0 Å². The summed E-state index contributed by atoms with van der Waals surface area (Å²) in [6.07, 6.45) is -0.377. The Labute approximate surface area is 81.1 Å². The topological polar surface area (TPSA) is 55.8 Å². The second-order valence-electron chi connectivity index (χ2n) is 3.44. The van der Waals surface area contributed by atoms with E-state index in [0.29, 0.717) is 6.04 Å². The molecule has 0 amide bonds. The van der Waals surface area contributed by atoms with Crippen LogP contribution in [-0.2, 0) is 15.5 Å². The van der Waals surface area contributed by atoms with E-state index in [1.54, 1.807) is 5.01 Å². The highest BCUT2D eigenvalue weighted by Crippen LogP contribution is 2.28. The van der Waals surface area contributed by atoms with E-state index >= 15 is 0 Å². The molecule has 0 bridgehead atoms. The summed E-state index contributed by atoms with van der Waals surface area (Å²) in [5.74, 6) is 0.174. The first-order valence-electron chi connectivity index (χ1n) is 4.17. The van der Waals surface area contributed by atoms with Crippen molar-refractivity contribution in [2.75, 3.05) is 14.1 Å². The lowest BCUT2D eigenvalue weighted by Gasteiger charge is -2.26. The molecule has 6 heteroatoms. The molecule has 0 radical (unpaired) electrons. The predicted octanol–water partition coefficient (Wildman–Crippen LogP) is -0.0600. The molecule has 0 aromatic carbocycles. The summed E-state index contributed by atoms with van der Waals surface area (Å²) >= 11 is -2.45. The molecule has 0 spiro atoms. The summed E-state index contributed by atoms with van der Waals surface area (Å²) in [6.45, 7) is 4.01. The van der Waals surface area contributed by atoms with Gasteiger partial charge in [-0.3, -0.25) is 4.18 Å². The molecule has 1 aliphatic rings. The molecule has 0 saturated carbocycles. The quantitative estimate of drug-likeness (QED) is 0.594. The van der Waals surface area contributed by atoms with Crippen molar-refractivity contribution in [1.82, 2.24) is 10.0 Å². The number of hydrogen-bond donors (Lipinski definition) is 0. The van der Waals surface area contributed by atoms with Gasteiger partial charge in [-0.15, -0.1) is 0 Å². The summed E-state index contributed by atoms with van der Waals surface area (Å²) in [5.41, 5.74) is 0. The second-order valence-corrected chi connectivity index (χ2v) is 4.04. The van der Waals surface area contributed by atoms with Crippen molar-refractivity contribution in [2.24, 2.45) is 5.92 Å². The van der Waals surface area contributed by atoms with Crippen molar-refractivity contribution in [2.45, 2.75) is 26.1 Å². The van der Waals surface area contributed by atoms with Gasteiger partial charge in [-0.25, -0.2) is 14.2 Å². The van der Waals surface area contributed by atoms with Gasteiger partial charge in [-0.1, -0.05) is 6.92 Å². The molecule has 78 valence electrons. The Balaban J connectivity index is 2.69. The number of hydrazine groups is 1. The molecular formula is C7H15N2O3S-. The van der Waals surface area contributed by atoms with Crippen LogP contribution in [0.2, 0.25) is 0 Å². The summed E-state index contributed by atoms with van der Waals surface area (Å²) < 4.78 is 25.6. The zero-order valence-electron chi connectivity index (χ0n) is 8.26. The summed E-state index contributed by atoms with van der Waals surface area (Å²) in [5, 5.41) is 3.77. The normalized spacial score (nSPS) is 39.6. The van der Waals surface area contributed by atoms with Crippen molar-refractivity contribution in [3.8, 4) is 0 Å². The monoisotopic (exact) mass is 207 g/mol. The van der Waals surface area contributed by atoms with Gasteiger partial charge in [-0.05, 0) is 6.92 Å². The van der Waals surface area contributed by atoms with Crippen LogP contribution < -0.4 is 0 Å². The second kappa shape index (κ2) is 4.02. The summed E-state index contributed by atoms with van der Waals surface area (Å²) in [7, 11) is 3.73. The van der Waals surface area contributed by atoms with Gasteiger partial charge < -0.3 is 4.55 Å². The Morgan fingerprint density at radius 3 is 2.15 bits per heavy atom. The smallest absolute Gasteiger partial charge is 0.143 e. The van der Waals surface area contributed by atoms with Crippen molar-refractivity contribution < 1.29 is 12.9 Å². The minimum Gasteiger partial charge on any atom is -0.750 e. The van der Waals surface area contributed by atoms with Crippen LogP contribution in [0.3, 0.4) is 0 Å². The first kappa shape index (κ1) is 11.1. The number of nitrogens with zero attached hydrogens (tertiary/aromatic N) is 2. The van der Waals surface area contributed by atoms with Crippen molar-refractivity contribution in [3.63, 3.8) is 0 Å². The van der Waals surface area contributed by atoms with Crippen LogP contribution >= 0.6 is 0 Å². The fraction of sp³-hybridized carbons (Fsp3) is 1.00. The van der Waals surface area contributed by atoms with Crippen molar-refractivity contribution >= 4 is 11.4 Å². The van der Waals surface area contributed by atoms with Gasteiger partial charge in [0.05, 0.1) is 11.4 Å². The van der Waals surface area contributed by atoms with Gasteiger partial charge in [0.1, 0.15) is 6.23 Å². The average Bonchev–Trinajstić information content (AvgIpc) is 2.22. The van der Waals surface area contributed by atoms with E-state index in [1.165, 1.54) is 0 Å². The van der Waals surface area contributed by atoms with Gasteiger partial charge in [0.2, 0.25) is 0 Å². The minimum atomic E-state index is -2.45. The maximum atomic E-state index is 10.4. The largest absolute Gasteiger partial charge is 0.750 e. The zero-order chi connectivity index (χ0) is 10.2. The summed E-state index contributed by atoms with van der Waals surface area (Å²) in [6, 6.07) is 0.290. The fourth-order valence-electron chi connectivity index (χ4n) is 1.62. The highest BCUT2D eigenvalue weighted by Gasteiger charge is 2.39. The molecule has 4 unspecified atom stereocenters. The van der Waals surface area contributed by atoms with E-state index in [-0.39, 0.29) is 12.1 Å². The molecule has 0 aromatic heterocycles. The van der Waals surface area contributed by atoms with Crippen LogP contribution in [0.1, 0.15) is 13.8 Å². The Kier molecular flexibility index (Phi) is 3.42. The lowest BCUT2D eigenvalue weighted by molar-refractivity contribution is -0.0439. The molecule has 1 fully saturated rings. The molecule has 0 N–H and O–H groups in total. The number of hydrogen-bond acceptors (Lipinski definition) is 5. The summed E-state index contributed by atoms with van der Waals surface area (Å²) in [4.78, 5) is 0. The average molecular weight is 207 g/mol. The maximum Gasteiger partial charge on any atom is 0.143 e. The fourth-order valence-corrected chi connectivity index (χ4v) is 2.08. The number of rotatable bonds is 2. The highest BCUT2D eigenvalue weighted by molar-refractivity contribution is 7.74. The van der Waals surface area contributed by atoms with Crippen molar-refractivity contribution in [1.29, 1.82) is 0 Å². The molecular weight excluding hydrogens is 192 g/mol. The molecule has 0 aromatic rings. The van der Waals surface area contributed by atoms with Crippen LogP contribution in [0.5, 0.6) is 0 Å². The van der Waals surface area contributed by atoms with Crippen LogP contribution in [0, 0.1) is 5.92 Å². The third-order valence-electron chi connectivity index (χ3n) is 2.84. The molecule has 1 heterocycles.